The van der Waals surface area contributed by atoms with Crippen LogP contribution in [0.25, 0.3) is 33.8 Å². The fourth-order valence-electron chi connectivity index (χ4n) is 3.96. The Morgan fingerprint density at radius 2 is 1.74 bits per heavy atom. The molecule has 2 aromatic carbocycles. The van der Waals surface area contributed by atoms with Crippen molar-refractivity contribution in [1.29, 1.82) is 0 Å². The number of ether oxygens (including phenoxy) is 1. The maximum absolute atomic E-state index is 12.7. The van der Waals surface area contributed by atoms with E-state index in [9.17, 15) is 9.59 Å². The van der Waals surface area contributed by atoms with Crippen molar-refractivity contribution in [3.63, 3.8) is 0 Å². The lowest BCUT2D eigenvalue weighted by Crippen LogP contribution is -2.50. The molecule has 0 saturated carbocycles. The molecule has 0 aliphatic carbocycles. The van der Waals surface area contributed by atoms with Crippen LogP contribution in [0.2, 0.25) is 0 Å². The Bertz CT molecular complexity index is 1410. The molecule has 1 fully saturated rings. The maximum atomic E-state index is 12.7. The van der Waals surface area contributed by atoms with Gasteiger partial charge in [-0.1, -0.05) is 23.4 Å². The number of carbonyl (C=O) groups is 1. The van der Waals surface area contributed by atoms with Crippen molar-refractivity contribution in [2.45, 2.75) is 26.4 Å². The van der Waals surface area contributed by atoms with Gasteiger partial charge in [-0.2, -0.15) is 4.98 Å². The number of hydrogen-bond donors (Lipinski definition) is 0. The molecule has 1 aliphatic heterocycles. The summed E-state index contributed by atoms with van der Waals surface area (Å²) in [6.07, 6.45) is -0.300. The van der Waals surface area contributed by atoms with Gasteiger partial charge < -0.3 is 23.5 Å². The van der Waals surface area contributed by atoms with Crippen LogP contribution in [0.1, 0.15) is 20.8 Å². The highest BCUT2D eigenvalue weighted by atomic mass is 16.6. The molecule has 0 radical (unpaired) electrons. The number of anilines is 1. The van der Waals surface area contributed by atoms with Crippen LogP contribution < -0.4 is 10.5 Å². The highest BCUT2D eigenvalue weighted by Crippen LogP contribution is 2.26. The Balaban J connectivity index is 1.33. The Hall–Kier alpha value is -4.14. The van der Waals surface area contributed by atoms with Gasteiger partial charge in [-0.3, -0.25) is 0 Å². The van der Waals surface area contributed by atoms with Gasteiger partial charge in [-0.05, 0) is 51.1 Å². The molecule has 9 nitrogen and oxygen atoms in total. The van der Waals surface area contributed by atoms with Crippen LogP contribution in [0.3, 0.4) is 0 Å². The quantitative estimate of drug-likeness (QED) is 0.398. The van der Waals surface area contributed by atoms with Gasteiger partial charge in [0.2, 0.25) is 5.82 Å². The fraction of sp³-hybridized carbons (Fsp3) is 0.308. The SMILES string of the molecule is CC(C)(C)OC(=O)N1CCN(c2ccc3cc(-c4noc(-c5ccccc5)n4)c(=O)oc3c2)CC1. The molecule has 0 N–H and O–H groups in total. The zero-order valence-corrected chi connectivity index (χ0v) is 19.9. The second kappa shape index (κ2) is 8.90. The third-order valence-corrected chi connectivity index (χ3v) is 5.70. The highest BCUT2D eigenvalue weighted by Gasteiger charge is 2.26. The molecule has 0 atom stereocenters. The number of benzene rings is 2. The lowest BCUT2D eigenvalue weighted by molar-refractivity contribution is 0.0240. The first kappa shape index (κ1) is 22.6. The smallest absolute Gasteiger partial charge is 0.410 e. The first-order valence-corrected chi connectivity index (χ1v) is 11.5. The summed E-state index contributed by atoms with van der Waals surface area (Å²) in [5.41, 5.74) is 1.34. The maximum Gasteiger partial charge on any atom is 0.410 e. The summed E-state index contributed by atoms with van der Waals surface area (Å²) in [7, 11) is 0. The Labute approximate surface area is 201 Å². The number of fused-ring (bicyclic) bond motifs is 1. The van der Waals surface area contributed by atoms with Gasteiger partial charge in [-0.25, -0.2) is 9.59 Å². The number of nitrogens with zero attached hydrogens (tertiary/aromatic N) is 4. The van der Waals surface area contributed by atoms with E-state index in [1.165, 1.54) is 0 Å². The second-order valence-electron chi connectivity index (χ2n) is 9.41. The van der Waals surface area contributed by atoms with Crippen LogP contribution in [-0.2, 0) is 4.74 Å². The predicted octanol–water partition coefficient (Wildman–Crippen LogP) is 4.57. The minimum atomic E-state index is -0.537. The molecule has 180 valence electrons. The lowest BCUT2D eigenvalue weighted by Gasteiger charge is -2.36. The fourth-order valence-corrected chi connectivity index (χ4v) is 3.96. The van der Waals surface area contributed by atoms with E-state index in [4.69, 9.17) is 13.7 Å². The summed E-state index contributed by atoms with van der Waals surface area (Å²) in [5, 5.41) is 4.72. The lowest BCUT2D eigenvalue weighted by atomic mass is 10.1. The molecule has 0 spiro atoms. The summed E-state index contributed by atoms with van der Waals surface area (Å²) >= 11 is 0. The molecule has 0 unspecified atom stereocenters. The molecular weight excluding hydrogens is 448 g/mol. The zero-order valence-electron chi connectivity index (χ0n) is 19.9. The molecular formula is C26H26N4O5. The number of hydrogen-bond acceptors (Lipinski definition) is 8. The van der Waals surface area contributed by atoms with E-state index in [2.05, 4.69) is 15.0 Å². The van der Waals surface area contributed by atoms with Gasteiger partial charge in [0.05, 0.1) is 0 Å². The highest BCUT2D eigenvalue weighted by molar-refractivity contribution is 5.84. The molecule has 5 rings (SSSR count). The molecule has 35 heavy (non-hydrogen) atoms. The number of amides is 1. The van der Waals surface area contributed by atoms with Crippen LogP contribution in [0.5, 0.6) is 0 Å². The summed E-state index contributed by atoms with van der Waals surface area (Å²) in [6, 6.07) is 16.8. The van der Waals surface area contributed by atoms with Gasteiger partial charge in [0.25, 0.3) is 5.89 Å². The van der Waals surface area contributed by atoms with Crippen molar-refractivity contribution >= 4 is 22.7 Å². The van der Waals surface area contributed by atoms with E-state index in [0.717, 1.165) is 16.6 Å². The van der Waals surface area contributed by atoms with Crippen LogP contribution in [0.15, 0.2) is 68.3 Å². The third-order valence-electron chi connectivity index (χ3n) is 5.70. The number of piperazine rings is 1. The second-order valence-corrected chi connectivity index (χ2v) is 9.41. The number of carbonyl (C=O) groups excluding carboxylic acids is 1. The van der Waals surface area contributed by atoms with Gasteiger partial charge in [0, 0.05) is 48.9 Å². The van der Waals surface area contributed by atoms with E-state index in [1.807, 2.05) is 69.3 Å². The van der Waals surface area contributed by atoms with Crippen molar-refractivity contribution in [2.75, 3.05) is 31.1 Å². The standard InChI is InChI=1S/C26H26N4O5/c1-26(2,3)34-25(32)30-13-11-29(12-14-30)19-10-9-18-15-20(24(31)33-21(18)16-19)22-27-23(35-28-22)17-7-5-4-6-8-17/h4-10,15-16H,11-14H2,1-3H3. The van der Waals surface area contributed by atoms with E-state index < -0.39 is 11.2 Å². The molecule has 1 aliphatic rings. The van der Waals surface area contributed by atoms with Crippen LogP contribution in [-0.4, -0.2) is 52.9 Å². The zero-order chi connectivity index (χ0) is 24.6. The minimum absolute atomic E-state index is 0.182. The third kappa shape index (κ3) is 4.89. The van der Waals surface area contributed by atoms with Gasteiger partial charge in [-0.15, -0.1) is 0 Å². The van der Waals surface area contributed by atoms with Gasteiger partial charge in [0.15, 0.2) is 0 Å². The normalized spacial score (nSPS) is 14.4. The van der Waals surface area contributed by atoms with Crippen molar-refractivity contribution in [2.24, 2.45) is 0 Å². The van der Waals surface area contributed by atoms with E-state index >= 15 is 0 Å². The van der Waals surface area contributed by atoms with E-state index in [0.29, 0.717) is 37.7 Å². The van der Waals surface area contributed by atoms with Crippen LogP contribution in [0, 0.1) is 0 Å². The van der Waals surface area contributed by atoms with Crippen LogP contribution >= 0.6 is 0 Å². The Morgan fingerprint density at radius 1 is 1.00 bits per heavy atom. The molecule has 1 saturated heterocycles. The molecule has 2 aromatic heterocycles. The average Bonchev–Trinajstić information content (AvgIpc) is 3.33. The molecule has 3 heterocycles. The monoisotopic (exact) mass is 474 g/mol. The topological polar surface area (TPSA) is 102 Å². The average molecular weight is 475 g/mol. The van der Waals surface area contributed by atoms with Crippen molar-refractivity contribution < 1.29 is 18.5 Å². The van der Waals surface area contributed by atoms with Crippen molar-refractivity contribution in [3.05, 3.63) is 65.0 Å². The first-order chi connectivity index (χ1) is 16.8. The molecule has 9 heteroatoms. The molecule has 0 bridgehead atoms. The predicted molar refractivity (Wildman–Crippen MR) is 131 cm³/mol. The Morgan fingerprint density at radius 3 is 2.46 bits per heavy atom. The number of rotatable bonds is 3. The minimum Gasteiger partial charge on any atom is -0.444 e. The summed E-state index contributed by atoms with van der Waals surface area (Å²) < 4.78 is 16.4. The first-order valence-electron chi connectivity index (χ1n) is 11.5. The van der Waals surface area contributed by atoms with Crippen molar-refractivity contribution in [1.82, 2.24) is 15.0 Å². The van der Waals surface area contributed by atoms with E-state index in [1.54, 1.807) is 11.0 Å². The van der Waals surface area contributed by atoms with Gasteiger partial charge in [0.1, 0.15) is 16.7 Å². The molecule has 4 aromatic rings. The largest absolute Gasteiger partial charge is 0.444 e. The Kier molecular flexibility index (Phi) is 5.76. The van der Waals surface area contributed by atoms with Gasteiger partial charge >= 0.3 is 11.7 Å². The summed E-state index contributed by atoms with van der Waals surface area (Å²) in [6.45, 7) is 7.98. The van der Waals surface area contributed by atoms with Crippen molar-refractivity contribution in [3.8, 4) is 22.8 Å². The van der Waals surface area contributed by atoms with E-state index in [-0.39, 0.29) is 17.5 Å². The summed E-state index contributed by atoms with van der Waals surface area (Å²) in [4.78, 5) is 33.3. The summed E-state index contributed by atoms with van der Waals surface area (Å²) in [5.74, 6) is 0.516. The van der Waals surface area contributed by atoms with Crippen LogP contribution in [0.4, 0.5) is 10.5 Å². The molecule has 1 amide bonds. The number of aromatic nitrogens is 2.